The first kappa shape index (κ1) is 27.9. The fraction of sp³-hybridized carbons (Fsp3) is 0.391. The van der Waals surface area contributed by atoms with Gasteiger partial charge in [0.15, 0.2) is 0 Å². The van der Waals surface area contributed by atoms with Gasteiger partial charge in [0.05, 0.1) is 11.9 Å². The van der Waals surface area contributed by atoms with E-state index in [-0.39, 0.29) is 12.2 Å². The van der Waals surface area contributed by atoms with Crippen LogP contribution in [0.1, 0.15) is 33.3 Å². The van der Waals surface area contributed by atoms with Crippen LogP contribution in [0.15, 0.2) is 42.5 Å². The molecule has 2 rings (SSSR count). The molecule has 0 saturated carbocycles. The highest BCUT2D eigenvalue weighted by Gasteiger charge is 2.32. The van der Waals surface area contributed by atoms with Crippen LogP contribution in [-0.2, 0) is 26.2 Å². The minimum atomic E-state index is -3.91. The summed E-state index contributed by atoms with van der Waals surface area (Å²) in [5, 5.41) is 3.42. The standard InChI is InChI=1S/C23H28Cl2FN3O4S/c1-15(22(31)27-23(2,3)4)28(13-18-19(24)7-6-8-20(18)25)21(30)14-29(34(5,32)33)17-11-9-16(26)10-12-17/h6-12,15H,13-14H2,1-5H3,(H,27,31)/t15-/m0/s1. The van der Waals surface area contributed by atoms with E-state index in [1.54, 1.807) is 39.0 Å². The van der Waals surface area contributed by atoms with Crippen LogP contribution in [0.5, 0.6) is 0 Å². The molecule has 0 aromatic heterocycles. The molecule has 0 bridgehead atoms. The van der Waals surface area contributed by atoms with Crippen LogP contribution < -0.4 is 9.62 Å². The molecule has 34 heavy (non-hydrogen) atoms. The highest BCUT2D eigenvalue weighted by molar-refractivity contribution is 7.92. The largest absolute Gasteiger partial charge is 0.350 e. The summed E-state index contributed by atoms with van der Waals surface area (Å²) in [4.78, 5) is 27.6. The molecule has 0 heterocycles. The minimum Gasteiger partial charge on any atom is -0.350 e. The molecular weight excluding hydrogens is 504 g/mol. The predicted octanol–water partition coefficient (Wildman–Crippen LogP) is 4.23. The topological polar surface area (TPSA) is 86.8 Å². The van der Waals surface area contributed by atoms with E-state index in [1.165, 1.54) is 24.0 Å². The van der Waals surface area contributed by atoms with Crippen LogP contribution in [0.3, 0.4) is 0 Å². The molecule has 7 nitrogen and oxygen atoms in total. The van der Waals surface area contributed by atoms with Crippen LogP contribution in [0.2, 0.25) is 10.0 Å². The fourth-order valence-corrected chi connectivity index (χ4v) is 4.50. The van der Waals surface area contributed by atoms with Crippen molar-refractivity contribution >= 4 is 50.7 Å². The van der Waals surface area contributed by atoms with E-state index >= 15 is 0 Å². The maximum Gasteiger partial charge on any atom is 0.244 e. The zero-order chi connectivity index (χ0) is 25.8. The van der Waals surface area contributed by atoms with Gasteiger partial charge in [-0.25, -0.2) is 12.8 Å². The van der Waals surface area contributed by atoms with Gasteiger partial charge >= 0.3 is 0 Å². The van der Waals surface area contributed by atoms with Gasteiger partial charge < -0.3 is 10.2 Å². The smallest absolute Gasteiger partial charge is 0.244 e. The number of nitrogens with zero attached hydrogens (tertiary/aromatic N) is 2. The van der Waals surface area contributed by atoms with Crippen LogP contribution >= 0.6 is 23.2 Å². The van der Waals surface area contributed by atoms with E-state index < -0.39 is 45.8 Å². The Balaban J connectivity index is 2.46. The number of carbonyl (C=O) groups is 2. The van der Waals surface area contributed by atoms with Crippen molar-refractivity contribution in [1.29, 1.82) is 0 Å². The lowest BCUT2D eigenvalue weighted by Gasteiger charge is -2.33. The van der Waals surface area contributed by atoms with Crippen molar-refractivity contribution < 1.29 is 22.4 Å². The van der Waals surface area contributed by atoms with Gasteiger partial charge in [-0.2, -0.15) is 0 Å². The Hall–Kier alpha value is -2.36. The molecule has 0 spiro atoms. The molecule has 2 amide bonds. The van der Waals surface area contributed by atoms with Crippen molar-refractivity contribution in [1.82, 2.24) is 10.2 Å². The molecule has 0 aliphatic heterocycles. The first-order chi connectivity index (χ1) is 15.6. The van der Waals surface area contributed by atoms with E-state index in [0.29, 0.717) is 15.6 Å². The first-order valence-corrected chi connectivity index (χ1v) is 13.0. The summed E-state index contributed by atoms with van der Waals surface area (Å²) in [5.41, 5.74) is -0.0308. The Morgan fingerprint density at radius 3 is 2.06 bits per heavy atom. The van der Waals surface area contributed by atoms with E-state index in [4.69, 9.17) is 23.2 Å². The molecule has 2 aromatic rings. The Morgan fingerprint density at radius 1 is 1.06 bits per heavy atom. The van der Waals surface area contributed by atoms with Crippen LogP contribution in [0, 0.1) is 5.82 Å². The Kier molecular flexibility index (Phi) is 8.96. The summed E-state index contributed by atoms with van der Waals surface area (Å²) in [6.07, 6.45) is 0.939. The molecule has 1 atom stereocenters. The van der Waals surface area contributed by atoms with E-state index in [2.05, 4.69) is 5.32 Å². The van der Waals surface area contributed by atoms with Gasteiger partial charge in [-0.15, -0.1) is 0 Å². The highest BCUT2D eigenvalue weighted by atomic mass is 35.5. The number of carbonyl (C=O) groups excluding carboxylic acids is 2. The molecular formula is C23H28Cl2FN3O4S. The van der Waals surface area contributed by atoms with E-state index in [1.807, 2.05) is 0 Å². The number of halogens is 3. The number of hydrogen-bond donors (Lipinski definition) is 1. The number of amides is 2. The van der Waals surface area contributed by atoms with Crippen molar-refractivity contribution in [2.45, 2.75) is 45.8 Å². The molecule has 186 valence electrons. The minimum absolute atomic E-state index is 0.111. The second kappa shape index (κ2) is 10.9. The summed E-state index contributed by atoms with van der Waals surface area (Å²) in [6.45, 7) is 6.20. The molecule has 0 fully saturated rings. The molecule has 0 saturated heterocycles. The Bertz CT molecular complexity index is 1130. The first-order valence-electron chi connectivity index (χ1n) is 10.4. The maximum atomic E-state index is 13.5. The lowest BCUT2D eigenvalue weighted by atomic mass is 10.1. The van der Waals surface area contributed by atoms with Gasteiger partial charge in [0.1, 0.15) is 18.4 Å². The summed E-state index contributed by atoms with van der Waals surface area (Å²) >= 11 is 12.6. The fourth-order valence-electron chi connectivity index (χ4n) is 3.13. The third-order valence-corrected chi connectivity index (χ3v) is 6.70. The van der Waals surface area contributed by atoms with Crippen LogP contribution in [-0.4, -0.2) is 49.5 Å². The number of rotatable bonds is 8. The SMILES string of the molecule is C[C@@H](C(=O)NC(C)(C)C)N(Cc1c(Cl)cccc1Cl)C(=O)CN(c1ccc(F)cc1)S(C)(=O)=O. The quantitative estimate of drug-likeness (QED) is 0.552. The second-order valence-electron chi connectivity index (χ2n) is 8.88. The summed E-state index contributed by atoms with van der Waals surface area (Å²) < 4.78 is 39.2. The number of anilines is 1. The van der Waals surface area contributed by atoms with Crippen molar-refractivity contribution in [2.24, 2.45) is 0 Å². The second-order valence-corrected chi connectivity index (χ2v) is 11.6. The van der Waals surface area contributed by atoms with E-state index in [9.17, 15) is 22.4 Å². The van der Waals surface area contributed by atoms with E-state index in [0.717, 1.165) is 22.7 Å². The van der Waals surface area contributed by atoms with Gasteiger partial charge in [-0.05, 0) is 64.1 Å². The average molecular weight is 532 g/mol. The lowest BCUT2D eigenvalue weighted by molar-refractivity contribution is -0.140. The molecule has 0 radical (unpaired) electrons. The summed E-state index contributed by atoms with van der Waals surface area (Å²) in [7, 11) is -3.91. The third-order valence-electron chi connectivity index (χ3n) is 4.85. The van der Waals surface area contributed by atoms with Gasteiger partial charge in [0.25, 0.3) is 0 Å². The monoisotopic (exact) mass is 531 g/mol. The summed E-state index contributed by atoms with van der Waals surface area (Å²) in [6, 6.07) is 8.59. The van der Waals surface area contributed by atoms with Crippen LogP contribution in [0.25, 0.3) is 0 Å². The lowest BCUT2D eigenvalue weighted by Crippen LogP contribution is -2.54. The average Bonchev–Trinajstić information content (AvgIpc) is 2.70. The normalized spacial score (nSPS) is 12.7. The number of hydrogen-bond acceptors (Lipinski definition) is 4. The van der Waals surface area contributed by atoms with Gasteiger partial charge in [-0.3, -0.25) is 13.9 Å². The van der Waals surface area contributed by atoms with Gasteiger partial charge in [0.2, 0.25) is 21.8 Å². The molecule has 1 N–H and O–H groups in total. The molecule has 11 heteroatoms. The zero-order valence-electron chi connectivity index (χ0n) is 19.6. The van der Waals surface area contributed by atoms with Crippen molar-refractivity contribution in [2.75, 3.05) is 17.1 Å². The molecule has 0 unspecified atom stereocenters. The zero-order valence-corrected chi connectivity index (χ0v) is 21.9. The van der Waals surface area contributed by atoms with Crippen molar-refractivity contribution in [3.63, 3.8) is 0 Å². The highest BCUT2D eigenvalue weighted by Crippen LogP contribution is 2.27. The van der Waals surface area contributed by atoms with Crippen molar-refractivity contribution in [3.05, 3.63) is 63.9 Å². The third kappa shape index (κ3) is 7.58. The summed E-state index contributed by atoms with van der Waals surface area (Å²) in [5.74, 6) is -1.65. The number of sulfonamides is 1. The molecule has 0 aliphatic rings. The predicted molar refractivity (Wildman–Crippen MR) is 133 cm³/mol. The van der Waals surface area contributed by atoms with Crippen molar-refractivity contribution in [3.8, 4) is 0 Å². The van der Waals surface area contributed by atoms with Crippen LogP contribution in [0.4, 0.5) is 10.1 Å². The van der Waals surface area contributed by atoms with Gasteiger partial charge in [-0.1, -0.05) is 29.3 Å². The maximum absolute atomic E-state index is 13.5. The number of nitrogens with one attached hydrogen (secondary N) is 1. The Morgan fingerprint density at radius 2 is 1.59 bits per heavy atom. The number of benzene rings is 2. The molecule has 2 aromatic carbocycles. The van der Waals surface area contributed by atoms with Gasteiger partial charge in [0, 0.05) is 27.7 Å². The Labute approximate surface area is 209 Å². The molecule has 0 aliphatic carbocycles.